The first-order chi connectivity index (χ1) is 19.1. The Bertz CT molecular complexity index is 1240. The molecule has 3 aromatic carbocycles. The number of nitrogens with zero attached hydrogens (tertiary/aromatic N) is 1. The molecule has 0 saturated carbocycles. The number of carbonyl (C=O) groups is 1. The highest BCUT2D eigenvalue weighted by Gasteiger charge is 2.53. The second-order valence-corrected chi connectivity index (χ2v) is 10.4. The van der Waals surface area contributed by atoms with Gasteiger partial charge in [-0.25, -0.2) is 10.4 Å². The minimum Gasteiger partial charge on any atom is -0.494 e. The van der Waals surface area contributed by atoms with Crippen LogP contribution in [0.4, 0.5) is 0 Å². The molecule has 3 N–H and O–H groups in total. The van der Waals surface area contributed by atoms with E-state index in [4.69, 9.17) is 19.6 Å². The number of nitrogens with one attached hydrogen (secondary N) is 2. The number of hydrogen-bond acceptors (Lipinski definition) is 6. The summed E-state index contributed by atoms with van der Waals surface area (Å²) >= 11 is 3.68. The van der Waals surface area contributed by atoms with E-state index in [0.717, 1.165) is 40.4 Å². The summed E-state index contributed by atoms with van der Waals surface area (Å²) in [6.07, 6.45) is 3.41. The van der Waals surface area contributed by atoms with Crippen molar-refractivity contribution in [3.63, 3.8) is 0 Å². The van der Waals surface area contributed by atoms with E-state index in [9.17, 15) is 4.79 Å². The van der Waals surface area contributed by atoms with Crippen LogP contribution in [-0.4, -0.2) is 42.2 Å². The maximum absolute atomic E-state index is 14.1. The summed E-state index contributed by atoms with van der Waals surface area (Å²) in [5.41, 5.74) is 7.37. The van der Waals surface area contributed by atoms with E-state index < -0.39 is 11.6 Å². The molecule has 0 unspecified atom stereocenters. The maximum Gasteiger partial charge on any atom is 0.266 e. The molecule has 8 heteroatoms. The zero-order valence-electron chi connectivity index (χ0n) is 22.2. The molecule has 39 heavy (non-hydrogen) atoms. The molecule has 0 spiro atoms. The number of ether oxygens (including phenoxy) is 2. The standard InChI is InChI=1S/C31H36BrN3O4/c1-2-3-9-19-33-35-30(37)31(22-23-11-5-4-6-12-23)28(26-13-7-8-14-27(26)32)39-29(34-31)24-15-17-25(18-16-24)38-21-10-20-36/h4-8,11-18,28,33,36H,2-3,9-10,19-22H2,1H3,(H,35,37)/t28-,31-/m0/s1. The van der Waals surface area contributed by atoms with Gasteiger partial charge in [0.05, 0.1) is 6.61 Å². The third-order valence-corrected chi connectivity index (χ3v) is 7.36. The molecule has 1 amide bonds. The smallest absolute Gasteiger partial charge is 0.266 e. The average Bonchev–Trinajstić information content (AvgIpc) is 3.34. The third-order valence-electron chi connectivity index (χ3n) is 6.64. The Hall–Kier alpha value is -3.20. The largest absolute Gasteiger partial charge is 0.494 e. The van der Waals surface area contributed by atoms with E-state index in [1.54, 1.807) is 0 Å². The van der Waals surface area contributed by atoms with Crippen LogP contribution in [0.3, 0.4) is 0 Å². The Labute approximate surface area is 238 Å². The van der Waals surface area contributed by atoms with Gasteiger partial charge in [0.25, 0.3) is 5.91 Å². The van der Waals surface area contributed by atoms with Crippen LogP contribution in [0, 0.1) is 0 Å². The third kappa shape index (κ3) is 7.26. The molecule has 0 radical (unpaired) electrons. The molecule has 0 bridgehead atoms. The average molecular weight is 595 g/mol. The fraction of sp³-hybridized carbons (Fsp3) is 0.355. The van der Waals surface area contributed by atoms with Gasteiger partial charge >= 0.3 is 0 Å². The van der Waals surface area contributed by atoms with Gasteiger partial charge in [-0.2, -0.15) is 0 Å². The van der Waals surface area contributed by atoms with Crippen molar-refractivity contribution in [2.75, 3.05) is 19.8 Å². The van der Waals surface area contributed by atoms with Crippen LogP contribution >= 0.6 is 15.9 Å². The number of carbonyl (C=O) groups excluding carboxylic acids is 1. The van der Waals surface area contributed by atoms with Gasteiger partial charge in [0.1, 0.15) is 5.75 Å². The molecule has 0 saturated heterocycles. The monoisotopic (exact) mass is 593 g/mol. The van der Waals surface area contributed by atoms with Crippen LogP contribution < -0.4 is 15.6 Å². The van der Waals surface area contributed by atoms with E-state index in [1.807, 2.05) is 78.9 Å². The first-order valence-electron chi connectivity index (χ1n) is 13.5. The van der Waals surface area contributed by atoms with Gasteiger partial charge in [0, 0.05) is 41.6 Å². The maximum atomic E-state index is 14.1. The molecular weight excluding hydrogens is 558 g/mol. The highest BCUT2D eigenvalue weighted by Crippen LogP contribution is 2.44. The van der Waals surface area contributed by atoms with E-state index in [0.29, 0.717) is 37.6 Å². The van der Waals surface area contributed by atoms with Crippen molar-refractivity contribution in [3.8, 4) is 5.75 Å². The van der Waals surface area contributed by atoms with E-state index in [2.05, 4.69) is 33.7 Å². The second kappa shape index (κ2) is 14.3. The fourth-order valence-electron chi connectivity index (χ4n) is 4.57. The van der Waals surface area contributed by atoms with Gasteiger partial charge in [-0.15, -0.1) is 0 Å². The van der Waals surface area contributed by atoms with Crippen LogP contribution in [0.1, 0.15) is 55.4 Å². The number of benzene rings is 3. The van der Waals surface area contributed by atoms with Crippen molar-refractivity contribution < 1.29 is 19.4 Å². The highest BCUT2D eigenvalue weighted by atomic mass is 79.9. The van der Waals surface area contributed by atoms with Gasteiger partial charge in [0.15, 0.2) is 11.6 Å². The van der Waals surface area contributed by atoms with Crippen LogP contribution in [0.25, 0.3) is 0 Å². The molecule has 4 rings (SSSR count). The van der Waals surface area contributed by atoms with Crippen LogP contribution in [0.5, 0.6) is 5.75 Å². The highest BCUT2D eigenvalue weighted by molar-refractivity contribution is 9.10. The minimum absolute atomic E-state index is 0.0815. The van der Waals surface area contributed by atoms with Gasteiger partial charge in [-0.05, 0) is 42.3 Å². The molecule has 2 atom stereocenters. The van der Waals surface area contributed by atoms with Crippen molar-refractivity contribution in [2.24, 2.45) is 4.99 Å². The number of aliphatic imine (C=N–C) groups is 1. The zero-order valence-corrected chi connectivity index (χ0v) is 23.8. The molecule has 1 heterocycles. The molecule has 0 fully saturated rings. The topological polar surface area (TPSA) is 92.2 Å². The van der Waals surface area contributed by atoms with Crippen molar-refractivity contribution >= 4 is 27.7 Å². The SMILES string of the molecule is CCCCCNNC(=O)[C@@]1(Cc2ccccc2)N=C(c2ccc(OCCCO)cc2)O[C@H]1c1ccccc1Br. The van der Waals surface area contributed by atoms with Crippen LogP contribution in [0.15, 0.2) is 88.3 Å². The van der Waals surface area contributed by atoms with E-state index >= 15 is 0 Å². The fourth-order valence-corrected chi connectivity index (χ4v) is 5.06. The lowest BCUT2D eigenvalue weighted by Gasteiger charge is -2.31. The summed E-state index contributed by atoms with van der Waals surface area (Å²) in [6.45, 7) is 3.34. The quantitative estimate of drug-likeness (QED) is 0.169. The molecular formula is C31H36BrN3O4. The molecule has 1 aliphatic rings. The van der Waals surface area contributed by atoms with Crippen molar-refractivity contribution in [1.29, 1.82) is 0 Å². The molecule has 0 aromatic heterocycles. The number of hydrazine groups is 1. The lowest BCUT2D eigenvalue weighted by atomic mass is 9.82. The van der Waals surface area contributed by atoms with Gasteiger partial charge in [0.2, 0.25) is 5.90 Å². The number of halogens is 1. The number of rotatable bonds is 14. The Morgan fingerprint density at radius 3 is 2.49 bits per heavy atom. The lowest BCUT2D eigenvalue weighted by Crippen LogP contribution is -2.54. The van der Waals surface area contributed by atoms with Gasteiger partial charge in [-0.1, -0.05) is 84.2 Å². The van der Waals surface area contributed by atoms with Crippen LogP contribution in [0.2, 0.25) is 0 Å². The molecule has 0 aliphatic carbocycles. The number of hydrogen-bond donors (Lipinski definition) is 3. The van der Waals surface area contributed by atoms with Gasteiger partial charge in [-0.3, -0.25) is 10.2 Å². The zero-order chi connectivity index (χ0) is 27.5. The summed E-state index contributed by atoms with van der Waals surface area (Å²) < 4.78 is 13.1. The Morgan fingerprint density at radius 1 is 1.03 bits per heavy atom. The van der Waals surface area contributed by atoms with Crippen LogP contribution in [-0.2, 0) is 16.0 Å². The number of aliphatic hydroxyl groups is 1. The predicted octanol–water partition coefficient (Wildman–Crippen LogP) is 5.52. The minimum atomic E-state index is -1.26. The summed E-state index contributed by atoms with van der Waals surface area (Å²) in [6, 6.07) is 25.1. The summed E-state index contributed by atoms with van der Waals surface area (Å²) in [5, 5.41) is 9.01. The van der Waals surface area contributed by atoms with Crippen molar-refractivity contribution in [3.05, 3.63) is 100 Å². The summed E-state index contributed by atoms with van der Waals surface area (Å²) in [5.74, 6) is 0.843. The molecule has 206 valence electrons. The number of amides is 1. The van der Waals surface area contributed by atoms with E-state index in [-0.39, 0.29) is 12.5 Å². The Morgan fingerprint density at radius 2 is 1.77 bits per heavy atom. The molecule has 3 aromatic rings. The first kappa shape index (κ1) is 28.8. The Balaban J connectivity index is 1.71. The number of aliphatic hydroxyl groups excluding tert-OH is 1. The molecule has 7 nitrogen and oxygen atoms in total. The number of unbranched alkanes of at least 4 members (excludes halogenated alkanes) is 2. The summed E-state index contributed by atoms with van der Waals surface area (Å²) in [4.78, 5) is 19.1. The second-order valence-electron chi connectivity index (χ2n) is 9.56. The van der Waals surface area contributed by atoms with Crippen molar-refractivity contribution in [1.82, 2.24) is 10.9 Å². The van der Waals surface area contributed by atoms with E-state index in [1.165, 1.54) is 0 Å². The predicted molar refractivity (Wildman–Crippen MR) is 157 cm³/mol. The Kier molecular flexibility index (Phi) is 10.5. The summed E-state index contributed by atoms with van der Waals surface area (Å²) in [7, 11) is 0. The van der Waals surface area contributed by atoms with Gasteiger partial charge < -0.3 is 14.6 Å². The van der Waals surface area contributed by atoms with Crippen molar-refractivity contribution in [2.45, 2.75) is 50.7 Å². The molecule has 1 aliphatic heterocycles. The normalized spacial score (nSPS) is 18.3. The first-order valence-corrected chi connectivity index (χ1v) is 14.3. The lowest BCUT2D eigenvalue weighted by molar-refractivity contribution is -0.130.